The number of benzene rings is 1. The lowest BCUT2D eigenvalue weighted by atomic mass is 10.2. The van der Waals surface area contributed by atoms with E-state index in [1.165, 1.54) is 0 Å². The van der Waals surface area contributed by atoms with E-state index in [0.29, 0.717) is 19.2 Å². The van der Waals surface area contributed by atoms with Crippen LogP contribution in [-0.4, -0.2) is 50.5 Å². The first-order valence-corrected chi connectivity index (χ1v) is 7.49. The number of nitrogens with two attached hydrogens (primary N) is 1. The van der Waals surface area contributed by atoms with Crippen molar-refractivity contribution >= 4 is 0 Å². The second-order valence-corrected chi connectivity index (χ2v) is 5.57. The quantitative estimate of drug-likeness (QED) is 0.864. The molecule has 1 fully saturated rings. The van der Waals surface area contributed by atoms with Crippen molar-refractivity contribution in [3.8, 4) is 11.5 Å². The first-order chi connectivity index (χ1) is 10.1. The van der Waals surface area contributed by atoms with Crippen molar-refractivity contribution in [3.63, 3.8) is 0 Å². The van der Waals surface area contributed by atoms with E-state index in [4.69, 9.17) is 19.9 Å². The minimum absolute atomic E-state index is 0.0953. The molecule has 1 aromatic carbocycles. The molecule has 5 nitrogen and oxygen atoms in total. The summed E-state index contributed by atoms with van der Waals surface area (Å²) in [6.07, 6.45) is 0.0953. The van der Waals surface area contributed by atoms with Gasteiger partial charge in [0.05, 0.1) is 13.7 Å². The molecular formula is C16H26N2O3. The van der Waals surface area contributed by atoms with Crippen molar-refractivity contribution in [1.82, 2.24) is 4.90 Å². The first-order valence-electron chi connectivity index (χ1n) is 7.49. The molecule has 0 amide bonds. The van der Waals surface area contributed by atoms with Gasteiger partial charge in [-0.25, -0.2) is 0 Å². The van der Waals surface area contributed by atoms with E-state index in [-0.39, 0.29) is 6.10 Å². The van der Waals surface area contributed by atoms with Crippen LogP contribution in [0.25, 0.3) is 0 Å². The van der Waals surface area contributed by atoms with E-state index in [1.807, 2.05) is 18.2 Å². The lowest BCUT2D eigenvalue weighted by molar-refractivity contribution is -0.0565. The van der Waals surface area contributed by atoms with Gasteiger partial charge in [-0.3, -0.25) is 4.90 Å². The molecule has 0 aliphatic carbocycles. The van der Waals surface area contributed by atoms with Gasteiger partial charge in [0.2, 0.25) is 0 Å². The summed E-state index contributed by atoms with van der Waals surface area (Å²) < 4.78 is 16.9. The molecule has 0 bridgehead atoms. The number of nitrogens with zero attached hydrogens (tertiary/aromatic N) is 1. The van der Waals surface area contributed by atoms with E-state index in [1.54, 1.807) is 7.11 Å². The van der Waals surface area contributed by atoms with Gasteiger partial charge in [0, 0.05) is 37.3 Å². The average Bonchev–Trinajstić information content (AvgIpc) is 2.52. The summed E-state index contributed by atoms with van der Waals surface area (Å²) >= 11 is 0. The Morgan fingerprint density at radius 3 is 2.90 bits per heavy atom. The van der Waals surface area contributed by atoms with Crippen molar-refractivity contribution in [1.29, 1.82) is 0 Å². The molecule has 21 heavy (non-hydrogen) atoms. The molecule has 1 aliphatic heterocycles. The highest BCUT2D eigenvalue weighted by molar-refractivity contribution is 5.40. The number of methoxy groups -OCH3 is 1. The molecule has 1 atom stereocenters. The zero-order valence-electron chi connectivity index (χ0n) is 13.2. The Hall–Kier alpha value is -1.30. The minimum Gasteiger partial charge on any atom is -0.497 e. The van der Waals surface area contributed by atoms with Crippen LogP contribution in [0.2, 0.25) is 0 Å². The predicted octanol–water partition coefficient (Wildman–Crippen LogP) is 1.64. The Kier molecular flexibility index (Phi) is 5.85. The van der Waals surface area contributed by atoms with Crippen molar-refractivity contribution < 1.29 is 14.2 Å². The third kappa shape index (κ3) is 4.33. The third-order valence-corrected chi connectivity index (χ3v) is 3.82. The summed E-state index contributed by atoms with van der Waals surface area (Å²) in [4.78, 5) is 2.41. The zero-order chi connectivity index (χ0) is 15.2. The molecule has 0 saturated carbocycles. The number of ether oxygens (including phenoxy) is 3. The second kappa shape index (κ2) is 7.64. The smallest absolute Gasteiger partial charge is 0.127 e. The fourth-order valence-electron chi connectivity index (χ4n) is 2.46. The van der Waals surface area contributed by atoms with Crippen LogP contribution in [-0.2, 0) is 11.3 Å². The molecule has 1 heterocycles. The molecular weight excluding hydrogens is 268 g/mol. The minimum atomic E-state index is 0.0953. The molecule has 2 rings (SSSR count). The highest BCUT2D eigenvalue weighted by atomic mass is 16.5. The highest BCUT2D eigenvalue weighted by Gasteiger charge is 2.23. The van der Waals surface area contributed by atoms with Crippen molar-refractivity contribution in [2.24, 2.45) is 5.73 Å². The van der Waals surface area contributed by atoms with Gasteiger partial charge in [-0.05, 0) is 19.9 Å². The van der Waals surface area contributed by atoms with Crippen LogP contribution in [0.1, 0.15) is 19.4 Å². The normalized spacial score (nSPS) is 19.8. The summed E-state index contributed by atoms with van der Waals surface area (Å²) in [7, 11) is 1.64. The number of hydrogen-bond acceptors (Lipinski definition) is 5. The lowest BCUT2D eigenvalue weighted by Crippen LogP contribution is -2.47. The van der Waals surface area contributed by atoms with Gasteiger partial charge in [0.1, 0.15) is 24.2 Å². The summed E-state index contributed by atoms with van der Waals surface area (Å²) in [6.45, 7) is 8.04. The second-order valence-electron chi connectivity index (χ2n) is 5.57. The van der Waals surface area contributed by atoms with Crippen LogP contribution in [0.4, 0.5) is 0 Å². The number of hydrogen-bond donors (Lipinski definition) is 1. The molecule has 2 N–H and O–H groups in total. The molecule has 1 aliphatic rings. The van der Waals surface area contributed by atoms with Gasteiger partial charge in [0.15, 0.2) is 0 Å². The fraction of sp³-hybridized carbons (Fsp3) is 0.625. The van der Waals surface area contributed by atoms with Crippen LogP contribution in [0, 0.1) is 0 Å². The van der Waals surface area contributed by atoms with Crippen LogP contribution < -0.4 is 15.2 Å². The van der Waals surface area contributed by atoms with Crippen molar-refractivity contribution in [2.45, 2.75) is 32.5 Å². The van der Waals surface area contributed by atoms with Gasteiger partial charge in [-0.1, -0.05) is 6.07 Å². The molecule has 1 aromatic rings. The van der Waals surface area contributed by atoms with Crippen molar-refractivity contribution in [3.05, 3.63) is 23.8 Å². The molecule has 0 aromatic heterocycles. The first kappa shape index (κ1) is 16.1. The topological polar surface area (TPSA) is 57.0 Å². The van der Waals surface area contributed by atoms with E-state index in [9.17, 15) is 0 Å². The number of morpholine rings is 1. The van der Waals surface area contributed by atoms with Gasteiger partial charge in [-0.2, -0.15) is 0 Å². The van der Waals surface area contributed by atoms with Crippen LogP contribution >= 0.6 is 0 Å². The summed E-state index contributed by atoms with van der Waals surface area (Å²) in [5.74, 6) is 1.55. The zero-order valence-corrected chi connectivity index (χ0v) is 13.2. The molecule has 1 unspecified atom stereocenters. The molecule has 0 spiro atoms. The molecule has 118 valence electrons. The maximum absolute atomic E-state index is 5.93. The monoisotopic (exact) mass is 294 g/mol. The Morgan fingerprint density at radius 2 is 2.24 bits per heavy atom. The van der Waals surface area contributed by atoms with Crippen LogP contribution in [0.3, 0.4) is 0 Å². The third-order valence-electron chi connectivity index (χ3n) is 3.82. The SMILES string of the molecule is COc1ccc(CN)c(OCC2CN(C(C)C)CCO2)c1. The standard InChI is InChI=1S/C16H26N2O3/c1-12(2)18-6-7-20-15(10-18)11-21-16-8-14(19-3)5-4-13(16)9-17/h4-5,8,12,15H,6-7,9-11,17H2,1-3H3. The van der Waals surface area contributed by atoms with Crippen LogP contribution in [0.5, 0.6) is 11.5 Å². The summed E-state index contributed by atoms with van der Waals surface area (Å²) in [6, 6.07) is 6.25. The Labute approximate surface area is 127 Å². The largest absolute Gasteiger partial charge is 0.497 e. The maximum Gasteiger partial charge on any atom is 0.127 e. The Morgan fingerprint density at radius 1 is 1.43 bits per heavy atom. The van der Waals surface area contributed by atoms with E-state index < -0.39 is 0 Å². The fourth-order valence-corrected chi connectivity index (χ4v) is 2.46. The molecule has 0 radical (unpaired) electrons. The van der Waals surface area contributed by atoms with Gasteiger partial charge < -0.3 is 19.9 Å². The summed E-state index contributed by atoms with van der Waals surface area (Å²) in [5, 5.41) is 0. The Bertz CT molecular complexity index is 451. The molecule has 5 heteroatoms. The van der Waals surface area contributed by atoms with Gasteiger partial charge in [0.25, 0.3) is 0 Å². The Balaban J connectivity index is 1.95. The van der Waals surface area contributed by atoms with Gasteiger partial charge >= 0.3 is 0 Å². The van der Waals surface area contributed by atoms with Crippen LogP contribution in [0.15, 0.2) is 18.2 Å². The van der Waals surface area contributed by atoms with E-state index in [0.717, 1.165) is 36.8 Å². The van der Waals surface area contributed by atoms with E-state index >= 15 is 0 Å². The summed E-state index contributed by atoms with van der Waals surface area (Å²) in [5.41, 5.74) is 6.73. The lowest BCUT2D eigenvalue weighted by Gasteiger charge is -2.35. The predicted molar refractivity (Wildman–Crippen MR) is 82.8 cm³/mol. The maximum atomic E-state index is 5.93. The highest BCUT2D eigenvalue weighted by Crippen LogP contribution is 2.25. The van der Waals surface area contributed by atoms with E-state index in [2.05, 4.69) is 18.7 Å². The molecule has 1 saturated heterocycles. The van der Waals surface area contributed by atoms with Gasteiger partial charge in [-0.15, -0.1) is 0 Å². The van der Waals surface area contributed by atoms with Crippen molar-refractivity contribution in [2.75, 3.05) is 33.4 Å². The average molecular weight is 294 g/mol. The number of rotatable bonds is 6.